The largest absolute Gasteiger partial charge is 0.265 e. The monoisotopic (exact) mass is 161 g/mol. The molecule has 0 spiro atoms. The number of nitrogens with zero attached hydrogens (tertiary/aromatic N) is 2. The highest BCUT2D eigenvalue weighted by atomic mass is 32.1. The Morgan fingerprint density at radius 2 is 2.09 bits per heavy atom. The minimum atomic E-state index is 1.13. The van der Waals surface area contributed by atoms with Gasteiger partial charge in [-0.2, -0.15) is 0 Å². The fourth-order valence-electron chi connectivity index (χ4n) is 0.836. The van der Waals surface area contributed by atoms with Crippen molar-refractivity contribution in [3.05, 3.63) is 36.2 Å². The number of aromatic nitrogens is 2. The van der Waals surface area contributed by atoms with Crippen molar-refractivity contribution < 1.29 is 0 Å². The highest BCUT2D eigenvalue weighted by molar-refractivity contribution is 7.12. The van der Waals surface area contributed by atoms with Crippen LogP contribution in [0.25, 0.3) is 10.4 Å². The summed E-state index contributed by atoms with van der Waals surface area (Å²) < 4.78 is 0. The molecular weight excluding hydrogens is 156 g/mol. The maximum Gasteiger partial charge on any atom is 0.152 e. The van der Waals surface area contributed by atoms with Crippen LogP contribution in [0.15, 0.2) is 30.7 Å². The molecule has 0 saturated carbocycles. The molecule has 0 aliphatic heterocycles. The molecule has 2 aromatic heterocycles. The van der Waals surface area contributed by atoms with Crippen molar-refractivity contribution in [1.82, 2.24) is 9.97 Å². The van der Waals surface area contributed by atoms with E-state index in [1.807, 2.05) is 12.1 Å². The molecule has 0 atom stereocenters. The first-order chi connectivity index (χ1) is 5.47. The molecule has 2 heterocycles. The van der Waals surface area contributed by atoms with E-state index >= 15 is 0 Å². The molecule has 11 heavy (non-hydrogen) atoms. The molecule has 2 rings (SSSR count). The molecule has 0 aliphatic carbocycles. The summed E-state index contributed by atoms with van der Waals surface area (Å²) in [5, 5.41) is 0. The Kier molecular flexibility index (Phi) is 1.65. The Balaban J connectivity index is 2.46. The van der Waals surface area contributed by atoms with E-state index in [9.17, 15) is 0 Å². The number of thiazole rings is 1. The molecule has 0 amide bonds. The van der Waals surface area contributed by atoms with E-state index in [1.165, 1.54) is 11.3 Å². The third kappa shape index (κ3) is 1.28. The van der Waals surface area contributed by atoms with Gasteiger partial charge in [-0.05, 0) is 17.7 Å². The SMILES string of the molecule is [c]1ncc(-c2ccncc2)s1. The van der Waals surface area contributed by atoms with Crippen LogP contribution in [-0.2, 0) is 0 Å². The van der Waals surface area contributed by atoms with E-state index in [-0.39, 0.29) is 0 Å². The van der Waals surface area contributed by atoms with Gasteiger partial charge in [-0.1, -0.05) is 0 Å². The molecule has 53 valence electrons. The second-order valence-corrected chi connectivity index (χ2v) is 2.88. The summed E-state index contributed by atoms with van der Waals surface area (Å²) in [5.74, 6) is 0. The zero-order valence-electron chi connectivity index (χ0n) is 5.69. The predicted molar refractivity (Wildman–Crippen MR) is 44.2 cm³/mol. The van der Waals surface area contributed by atoms with Crippen LogP contribution in [0.5, 0.6) is 0 Å². The Morgan fingerprint density at radius 1 is 1.27 bits per heavy atom. The molecule has 0 bridgehead atoms. The average Bonchev–Trinajstić information content (AvgIpc) is 2.58. The maximum absolute atomic E-state index is 3.93. The number of pyridine rings is 1. The molecule has 0 saturated heterocycles. The van der Waals surface area contributed by atoms with Crippen molar-refractivity contribution >= 4 is 11.3 Å². The summed E-state index contributed by atoms with van der Waals surface area (Å²) in [4.78, 5) is 8.93. The van der Waals surface area contributed by atoms with Crippen LogP contribution in [0.2, 0.25) is 0 Å². The summed E-state index contributed by atoms with van der Waals surface area (Å²) in [5.41, 5.74) is 3.95. The van der Waals surface area contributed by atoms with Crippen LogP contribution < -0.4 is 0 Å². The van der Waals surface area contributed by atoms with Crippen LogP contribution in [-0.4, -0.2) is 9.97 Å². The fourth-order valence-corrected chi connectivity index (χ4v) is 1.40. The van der Waals surface area contributed by atoms with Gasteiger partial charge in [0.1, 0.15) is 0 Å². The van der Waals surface area contributed by atoms with E-state index in [0.29, 0.717) is 0 Å². The first kappa shape index (κ1) is 6.49. The molecule has 0 N–H and O–H groups in total. The smallest absolute Gasteiger partial charge is 0.152 e. The van der Waals surface area contributed by atoms with E-state index in [1.54, 1.807) is 18.6 Å². The van der Waals surface area contributed by atoms with E-state index < -0.39 is 0 Å². The predicted octanol–water partition coefficient (Wildman–Crippen LogP) is 2.01. The Hall–Kier alpha value is -1.22. The normalized spacial score (nSPS) is 9.82. The molecular formula is C8H5N2S. The van der Waals surface area contributed by atoms with Gasteiger partial charge in [-0.3, -0.25) is 4.98 Å². The van der Waals surface area contributed by atoms with Crippen LogP contribution in [0.1, 0.15) is 0 Å². The molecule has 3 heteroatoms. The zero-order valence-corrected chi connectivity index (χ0v) is 6.51. The van der Waals surface area contributed by atoms with Crippen LogP contribution in [0.4, 0.5) is 0 Å². The third-order valence-corrected chi connectivity index (χ3v) is 2.11. The van der Waals surface area contributed by atoms with Crippen molar-refractivity contribution in [2.24, 2.45) is 0 Å². The Labute approximate surface area is 68.6 Å². The van der Waals surface area contributed by atoms with E-state index in [0.717, 1.165) is 10.4 Å². The van der Waals surface area contributed by atoms with Gasteiger partial charge in [0.25, 0.3) is 0 Å². The summed E-state index contributed by atoms with van der Waals surface area (Å²) in [6, 6.07) is 3.92. The van der Waals surface area contributed by atoms with Crippen LogP contribution in [0.3, 0.4) is 0 Å². The lowest BCUT2D eigenvalue weighted by Gasteiger charge is -1.91. The Bertz CT molecular complexity index is 315. The van der Waals surface area contributed by atoms with Gasteiger partial charge in [0.05, 0.1) is 4.88 Å². The second-order valence-electron chi connectivity index (χ2n) is 2.05. The summed E-state index contributed by atoms with van der Waals surface area (Å²) in [7, 11) is 0. The van der Waals surface area contributed by atoms with Crippen molar-refractivity contribution in [3.63, 3.8) is 0 Å². The topological polar surface area (TPSA) is 25.8 Å². The highest BCUT2D eigenvalue weighted by Crippen LogP contribution is 2.20. The molecule has 1 radical (unpaired) electrons. The molecule has 2 aromatic rings. The molecule has 0 unspecified atom stereocenters. The number of rotatable bonds is 1. The Morgan fingerprint density at radius 3 is 2.73 bits per heavy atom. The molecule has 0 aliphatic rings. The van der Waals surface area contributed by atoms with Gasteiger partial charge >= 0.3 is 0 Å². The van der Waals surface area contributed by atoms with Crippen LogP contribution in [0, 0.1) is 5.51 Å². The lowest BCUT2D eigenvalue weighted by Crippen LogP contribution is -1.71. The van der Waals surface area contributed by atoms with Crippen molar-refractivity contribution in [1.29, 1.82) is 0 Å². The maximum atomic E-state index is 3.93. The first-order valence-corrected chi connectivity index (χ1v) is 4.01. The number of hydrogen-bond donors (Lipinski definition) is 0. The van der Waals surface area contributed by atoms with Gasteiger partial charge in [0.2, 0.25) is 0 Å². The molecule has 2 nitrogen and oxygen atoms in total. The van der Waals surface area contributed by atoms with Crippen molar-refractivity contribution in [3.8, 4) is 10.4 Å². The van der Waals surface area contributed by atoms with E-state index in [4.69, 9.17) is 0 Å². The second kappa shape index (κ2) is 2.80. The fraction of sp³-hybridized carbons (Fsp3) is 0. The van der Waals surface area contributed by atoms with Crippen molar-refractivity contribution in [2.45, 2.75) is 0 Å². The standard InChI is InChI=1S/C8H5N2S/c1-3-9-4-2-7(1)8-5-10-6-11-8/h1-5H. The quantitative estimate of drug-likeness (QED) is 0.639. The highest BCUT2D eigenvalue weighted by Gasteiger charge is 1.96. The summed E-state index contributed by atoms with van der Waals surface area (Å²) in [6.45, 7) is 0. The van der Waals surface area contributed by atoms with Crippen LogP contribution >= 0.6 is 11.3 Å². The molecule has 0 aromatic carbocycles. The summed E-state index contributed by atoms with van der Waals surface area (Å²) in [6.07, 6.45) is 5.35. The minimum Gasteiger partial charge on any atom is -0.265 e. The van der Waals surface area contributed by atoms with E-state index in [2.05, 4.69) is 15.5 Å². The molecule has 0 fully saturated rings. The minimum absolute atomic E-state index is 1.13. The number of hydrogen-bond acceptors (Lipinski definition) is 3. The average molecular weight is 161 g/mol. The van der Waals surface area contributed by atoms with Gasteiger partial charge in [-0.25, -0.2) is 4.98 Å². The van der Waals surface area contributed by atoms with Gasteiger partial charge in [0.15, 0.2) is 5.51 Å². The zero-order chi connectivity index (χ0) is 7.52. The van der Waals surface area contributed by atoms with Gasteiger partial charge in [-0.15, -0.1) is 11.3 Å². The van der Waals surface area contributed by atoms with Gasteiger partial charge in [0, 0.05) is 18.6 Å². The van der Waals surface area contributed by atoms with Gasteiger partial charge < -0.3 is 0 Å². The summed E-state index contributed by atoms with van der Waals surface area (Å²) >= 11 is 1.51. The third-order valence-electron chi connectivity index (χ3n) is 1.35. The first-order valence-electron chi connectivity index (χ1n) is 3.19. The lowest BCUT2D eigenvalue weighted by molar-refractivity contribution is 1.33. The van der Waals surface area contributed by atoms with Crippen molar-refractivity contribution in [2.75, 3.05) is 0 Å². The lowest BCUT2D eigenvalue weighted by atomic mass is 10.2.